The summed E-state index contributed by atoms with van der Waals surface area (Å²) in [6.45, 7) is 4.27. The number of halogens is 1. The van der Waals surface area contributed by atoms with Crippen LogP contribution in [0.1, 0.15) is 30.1 Å². The Labute approximate surface area is 110 Å². The first kappa shape index (κ1) is 12.4. The van der Waals surface area contributed by atoms with Gasteiger partial charge in [0.15, 0.2) is 0 Å². The van der Waals surface area contributed by atoms with Crippen molar-refractivity contribution < 1.29 is 9.90 Å². The molecule has 0 atom stereocenters. The van der Waals surface area contributed by atoms with Gasteiger partial charge in [0.25, 0.3) is 0 Å². The van der Waals surface area contributed by atoms with Gasteiger partial charge in [0, 0.05) is 17.6 Å². The summed E-state index contributed by atoms with van der Waals surface area (Å²) in [4.78, 5) is 13.2. The number of nitrogens with zero attached hydrogens (tertiary/aromatic N) is 1. The van der Waals surface area contributed by atoms with E-state index < -0.39 is 5.97 Å². The zero-order valence-corrected chi connectivity index (χ0v) is 11.4. The van der Waals surface area contributed by atoms with Gasteiger partial charge in [0.1, 0.15) is 0 Å². The second kappa shape index (κ2) is 5.08. The Bertz CT molecular complexity index is 425. The smallest absolute Gasteiger partial charge is 0.335 e. The largest absolute Gasteiger partial charge is 0.478 e. The number of carboxylic acids is 1. The third-order valence-corrected chi connectivity index (χ3v) is 3.99. The number of carbonyl (C=O) groups is 1. The van der Waals surface area contributed by atoms with Gasteiger partial charge in [-0.2, -0.15) is 0 Å². The van der Waals surface area contributed by atoms with Crippen LogP contribution < -0.4 is 4.90 Å². The van der Waals surface area contributed by atoms with Crippen LogP contribution in [-0.4, -0.2) is 24.2 Å². The SMILES string of the molecule is CC1CCN(c2cc(C(=O)O)ccc2Br)CC1. The van der Waals surface area contributed by atoms with E-state index in [4.69, 9.17) is 5.11 Å². The lowest BCUT2D eigenvalue weighted by Gasteiger charge is -2.32. The van der Waals surface area contributed by atoms with Gasteiger partial charge in [-0.25, -0.2) is 4.79 Å². The lowest BCUT2D eigenvalue weighted by Crippen LogP contribution is -2.33. The molecule has 0 aliphatic carbocycles. The standard InChI is InChI=1S/C13H16BrNO2/c1-9-4-6-15(7-5-9)12-8-10(13(16)17)2-3-11(12)14/h2-3,8-9H,4-7H2,1H3,(H,16,17). The molecule has 4 heteroatoms. The predicted octanol–water partition coefficient (Wildman–Crippen LogP) is 3.38. The summed E-state index contributed by atoms with van der Waals surface area (Å²) >= 11 is 3.50. The molecule has 1 aliphatic heterocycles. The van der Waals surface area contributed by atoms with Gasteiger partial charge in [-0.05, 0) is 52.9 Å². The summed E-state index contributed by atoms with van der Waals surface area (Å²) in [6.07, 6.45) is 2.34. The monoisotopic (exact) mass is 297 g/mol. The third-order valence-electron chi connectivity index (χ3n) is 3.32. The van der Waals surface area contributed by atoms with Gasteiger partial charge >= 0.3 is 5.97 Å². The van der Waals surface area contributed by atoms with Crippen molar-refractivity contribution in [2.45, 2.75) is 19.8 Å². The van der Waals surface area contributed by atoms with Crippen molar-refractivity contribution in [3.8, 4) is 0 Å². The van der Waals surface area contributed by atoms with Crippen molar-refractivity contribution in [3.05, 3.63) is 28.2 Å². The van der Waals surface area contributed by atoms with E-state index in [0.29, 0.717) is 5.56 Å². The van der Waals surface area contributed by atoms with E-state index in [-0.39, 0.29) is 0 Å². The molecule has 0 aromatic heterocycles. The minimum Gasteiger partial charge on any atom is -0.478 e. The fourth-order valence-electron chi connectivity index (χ4n) is 2.14. The number of aromatic carboxylic acids is 1. The topological polar surface area (TPSA) is 40.5 Å². The molecule has 1 aromatic rings. The van der Waals surface area contributed by atoms with Crippen molar-refractivity contribution in [3.63, 3.8) is 0 Å². The minimum absolute atomic E-state index is 0.349. The lowest BCUT2D eigenvalue weighted by atomic mass is 9.98. The Morgan fingerprint density at radius 1 is 1.41 bits per heavy atom. The minimum atomic E-state index is -0.871. The molecular formula is C13H16BrNO2. The molecule has 1 heterocycles. The number of hydrogen-bond donors (Lipinski definition) is 1. The van der Waals surface area contributed by atoms with Crippen molar-refractivity contribution >= 4 is 27.6 Å². The van der Waals surface area contributed by atoms with E-state index in [1.165, 1.54) is 12.8 Å². The molecule has 0 spiro atoms. The number of hydrogen-bond acceptors (Lipinski definition) is 2. The highest BCUT2D eigenvalue weighted by atomic mass is 79.9. The van der Waals surface area contributed by atoms with Crippen LogP contribution in [0.2, 0.25) is 0 Å². The summed E-state index contributed by atoms with van der Waals surface area (Å²) in [6, 6.07) is 5.20. The number of benzene rings is 1. The number of carboxylic acid groups (broad SMARTS) is 1. The van der Waals surface area contributed by atoms with E-state index in [1.807, 2.05) is 6.07 Å². The Kier molecular flexibility index (Phi) is 3.72. The molecule has 1 aliphatic rings. The third kappa shape index (κ3) is 2.80. The van der Waals surface area contributed by atoms with E-state index in [2.05, 4.69) is 27.8 Å². The normalized spacial score (nSPS) is 17.2. The summed E-state index contributed by atoms with van der Waals surface area (Å²) in [5.41, 5.74) is 1.35. The first-order valence-corrected chi connectivity index (χ1v) is 6.65. The molecule has 1 fully saturated rings. The van der Waals surface area contributed by atoms with Crippen LogP contribution in [0.5, 0.6) is 0 Å². The van der Waals surface area contributed by atoms with Crippen molar-refractivity contribution in [1.82, 2.24) is 0 Å². The highest BCUT2D eigenvalue weighted by Gasteiger charge is 2.18. The second-order valence-corrected chi connectivity index (χ2v) is 5.50. The van der Waals surface area contributed by atoms with E-state index in [1.54, 1.807) is 12.1 Å². The van der Waals surface area contributed by atoms with Crippen molar-refractivity contribution in [2.75, 3.05) is 18.0 Å². The van der Waals surface area contributed by atoms with Crippen molar-refractivity contribution in [1.29, 1.82) is 0 Å². The Morgan fingerprint density at radius 2 is 2.06 bits per heavy atom. The first-order valence-electron chi connectivity index (χ1n) is 5.85. The van der Waals surface area contributed by atoms with Crippen LogP contribution in [-0.2, 0) is 0 Å². The molecule has 17 heavy (non-hydrogen) atoms. The Balaban J connectivity index is 2.25. The molecule has 0 amide bonds. The maximum atomic E-state index is 11.0. The van der Waals surface area contributed by atoms with E-state index in [0.717, 1.165) is 29.2 Å². The number of rotatable bonds is 2. The highest BCUT2D eigenvalue weighted by molar-refractivity contribution is 9.10. The van der Waals surface area contributed by atoms with E-state index in [9.17, 15) is 4.79 Å². The van der Waals surface area contributed by atoms with Crippen LogP contribution in [0.4, 0.5) is 5.69 Å². The molecule has 1 saturated heterocycles. The summed E-state index contributed by atoms with van der Waals surface area (Å²) < 4.78 is 0.969. The fraction of sp³-hybridized carbons (Fsp3) is 0.462. The van der Waals surface area contributed by atoms with Gasteiger partial charge < -0.3 is 10.0 Å². The molecule has 92 valence electrons. The molecule has 0 saturated carbocycles. The van der Waals surface area contributed by atoms with Gasteiger partial charge in [0.2, 0.25) is 0 Å². The average Bonchev–Trinajstić information content (AvgIpc) is 2.31. The maximum Gasteiger partial charge on any atom is 0.335 e. The molecule has 3 nitrogen and oxygen atoms in total. The van der Waals surface area contributed by atoms with Crippen LogP contribution >= 0.6 is 15.9 Å². The quantitative estimate of drug-likeness (QED) is 0.910. The van der Waals surface area contributed by atoms with Crippen LogP contribution in [0.25, 0.3) is 0 Å². The zero-order valence-electron chi connectivity index (χ0n) is 9.82. The van der Waals surface area contributed by atoms with Gasteiger partial charge in [-0.15, -0.1) is 0 Å². The van der Waals surface area contributed by atoms with Crippen LogP contribution in [0, 0.1) is 5.92 Å². The molecule has 1 N–H and O–H groups in total. The summed E-state index contributed by atoms with van der Waals surface area (Å²) in [7, 11) is 0. The molecule has 0 bridgehead atoms. The van der Waals surface area contributed by atoms with Crippen LogP contribution in [0.15, 0.2) is 22.7 Å². The summed E-state index contributed by atoms with van der Waals surface area (Å²) in [5.74, 6) is -0.100. The first-order chi connectivity index (χ1) is 8.08. The zero-order chi connectivity index (χ0) is 12.4. The Morgan fingerprint density at radius 3 is 2.65 bits per heavy atom. The molecule has 0 unspecified atom stereocenters. The number of anilines is 1. The molecule has 0 radical (unpaired) electrons. The second-order valence-electron chi connectivity index (χ2n) is 4.64. The maximum absolute atomic E-state index is 11.0. The molecule has 1 aromatic carbocycles. The lowest BCUT2D eigenvalue weighted by molar-refractivity contribution is 0.0697. The van der Waals surface area contributed by atoms with Gasteiger partial charge in [0.05, 0.1) is 11.3 Å². The average molecular weight is 298 g/mol. The van der Waals surface area contributed by atoms with E-state index >= 15 is 0 Å². The summed E-state index contributed by atoms with van der Waals surface area (Å²) in [5, 5.41) is 9.01. The predicted molar refractivity (Wildman–Crippen MR) is 71.7 cm³/mol. The fourth-order valence-corrected chi connectivity index (χ4v) is 2.63. The molecule has 2 rings (SSSR count). The number of piperidine rings is 1. The highest BCUT2D eigenvalue weighted by Crippen LogP contribution is 2.30. The Hall–Kier alpha value is -1.03. The molecular weight excluding hydrogens is 282 g/mol. The van der Waals surface area contributed by atoms with Crippen LogP contribution in [0.3, 0.4) is 0 Å². The van der Waals surface area contributed by atoms with Crippen molar-refractivity contribution in [2.24, 2.45) is 5.92 Å². The van der Waals surface area contributed by atoms with Gasteiger partial charge in [-0.3, -0.25) is 0 Å². The van der Waals surface area contributed by atoms with Gasteiger partial charge in [-0.1, -0.05) is 6.92 Å².